The first-order chi connectivity index (χ1) is 60.3. The molecule has 1 rings (SSSR count). The van der Waals surface area contributed by atoms with Gasteiger partial charge in [-0.05, 0) is 0 Å². The fraction of sp³-hybridized carbons (Fsp3) is 0.750. The van der Waals surface area contributed by atoms with Crippen molar-refractivity contribution in [3.05, 3.63) is 47.0 Å². The summed E-state index contributed by atoms with van der Waals surface area (Å²) in [5.41, 5.74) is -27.2. The molecule has 0 aliphatic rings. The average Bonchev–Trinajstić information content (AvgIpc) is 0.671. The first-order valence-electron chi connectivity index (χ1n) is 28.6. The molecule has 0 spiro atoms. The lowest BCUT2D eigenvalue weighted by Gasteiger charge is -2.47. The highest BCUT2D eigenvalue weighted by molar-refractivity contribution is 7.70. The second-order valence-corrected chi connectivity index (χ2v) is 82.9. The van der Waals surface area contributed by atoms with Crippen molar-refractivity contribution in [1.82, 2.24) is 0 Å². The van der Waals surface area contributed by atoms with E-state index in [0.717, 1.165) is 0 Å². The van der Waals surface area contributed by atoms with Crippen molar-refractivity contribution in [1.29, 1.82) is 0 Å². The van der Waals surface area contributed by atoms with Gasteiger partial charge in [0, 0.05) is 0 Å². The summed E-state index contributed by atoms with van der Waals surface area (Å²) in [6.45, 7) is 0. The summed E-state index contributed by atoms with van der Waals surface area (Å²) >= 11 is 94.6. The van der Waals surface area contributed by atoms with Crippen LogP contribution in [0.4, 0.5) is 329 Å². The molecule has 1 aromatic carbocycles. The summed E-state index contributed by atoms with van der Waals surface area (Å²) in [7, 11) is 0. The number of hydrogen-bond acceptors (Lipinski definition) is 1. The number of ether oxygens (including phenoxy) is 1. The Balaban J connectivity index is -0.000000389. The molecular formula is C40Cl21F75OSi7. The fourth-order valence-electron chi connectivity index (χ4n) is 6.78. The van der Waals surface area contributed by atoms with Gasteiger partial charge in [0.2, 0.25) is 5.83 Å². The maximum absolute atomic E-state index is 13.4. The summed E-state index contributed by atoms with van der Waals surface area (Å²) in [4.78, 5) is 0. The van der Waals surface area contributed by atoms with E-state index in [9.17, 15) is 329 Å². The van der Waals surface area contributed by atoms with Crippen LogP contribution in [0, 0.1) is 23.3 Å². The smallest absolute Gasteiger partial charge is 0.398 e. The quantitative estimate of drug-likeness (QED) is 0.0312. The lowest BCUT2D eigenvalue weighted by molar-refractivity contribution is -0.458. The molecule has 0 unspecified atom stereocenters. The van der Waals surface area contributed by atoms with E-state index in [1.807, 2.05) is 0 Å². The van der Waals surface area contributed by atoms with E-state index in [0.29, 0.717) is 0 Å². The zero-order valence-electron chi connectivity index (χ0n) is 60.2. The van der Waals surface area contributed by atoms with Gasteiger partial charge in [-0.25, -0.2) is 22.0 Å². The number of rotatable bonds is 25. The van der Waals surface area contributed by atoms with Gasteiger partial charge in [-0.3, -0.25) is 0 Å². The van der Waals surface area contributed by atoms with Crippen molar-refractivity contribution < 1.29 is 334 Å². The Morgan fingerprint density at radius 1 is 0.174 bits per heavy atom. The second kappa shape index (κ2) is 45.6. The topological polar surface area (TPSA) is 9.23 Å². The first kappa shape index (κ1) is 155. The third-order valence-electron chi connectivity index (χ3n) is 14.1. The highest BCUT2D eigenvalue weighted by atomic mass is 35.9. The third kappa shape index (κ3) is 28.5. The molecule has 1 aromatic rings. The first-order valence-corrected chi connectivity index (χ1v) is 63.8. The average molecular weight is 2860 g/mol. The van der Waals surface area contributed by atoms with Crippen LogP contribution in [0.1, 0.15) is 5.56 Å². The van der Waals surface area contributed by atoms with E-state index < -0.39 is 277 Å². The highest BCUT2D eigenvalue weighted by Crippen LogP contribution is 2.78. The Morgan fingerprint density at radius 3 is 0.472 bits per heavy atom. The van der Waals surface area contributed by atoms with Crippen molar-refractivity contribution in [3.8, 4) is 0 Å². The van der Waals surface area contributed by atoms with E-state index in [1.54, 1.807) is 0 Å². The summed E-state index contributed by atoms with van der Waals surface area (Å²) < 4.78 is 942. The van der Waals surface area contributed by atoms with Gasteiger partial charge in [0.05, 0.1) is 10.8 Å². The fourth-order valence-corrected chi connectivity index (χ4v) is 23.1. The van der Waals surface area contributed by atoms with Crippen LogP contribution in [0.15, 0.2) is 18.2 Å². The van der Waals surface area contributed by atoms with Crippen LogP contribution in [0.3, 0.4) is 0 Å². The normalized spacial score (nSPS) is 15.6. The van der Waals surface area contributed by atoms with Crippen LogP contribution in [0.5, 0.6) is 0 Å². The van der Waals surface area contributed by atoms with Gasteiger partial charge >= 0.3 is 227 Å². The Hall–Kier alpha value is 0.858. The van der Waals surface area contributed by atoms with E-state index >= 15 is 0 Å². The number of halogens is 96. The molecule has 0 aliphatic heterocycles. The Labute approximate surface area is 838 Å². The van der Waals surface area contributed by atoms with Gasteiger partial charge in [0.25, 0.3) is 10.1 Å². The van der Waals surface area contributed by atoms with Crippen LogP contribution in [-0.4, -0.2) is 209 Å². The summed E-state index contributed by atoms with van der Waals surface area (Å²) in [5, 5.41) is -15.1. The van der Waals surface area contributed by atoms with Crippen LogP contribution in [-0.2, 0) is 4.74 Å². The molecule has 0 saturated carbocycles. The molecular weight excluding hydrogens is 2860 g/mol. The van der Waals surface area contributed by atoms with Gasteiger partial charge in [-0.15, -0.1) is 233 Å². The maximum Gasteiger partial charge on any atom is 0.466 e. The molecule has 0 atom stereocenters. The monoisotopic (exact) mass is 2850 g/mol. The third-order valence-corrected chi connectivity index (χ3v) is 38.0. The van der Waals surface area contributed by atoms with Crippen LogP contribution in [0.25, 0.3) is 5.83 Å². The minimum absolute atomic E-state index is 1.54. The zero-order chi connectivity index (χ0) is 121. The van der Waals surface area contributed by atoms with Crippen molar-refractivity contribution in [3.63, 3.8) is 0 Å². The summed E-state index contributed by atoms with van der Waals surface area (Å²) in [6, 6.07) is -45.1. The molecule has 0 fully saturated rings. The molecule has 0 radical (unpaired) electrons. The minimum Gasteiger partial charge on any atom is -0.398 e. The highest BCUT2D eigenvalue weighted by Gasteiger charge is 3.01. The van der Waals surface area contributed by atoms with Crippen LogP contribution < -0.4 is 5.19 Å². The lowest BCUT2D eigenvalue weighted by Crippen LogP contribution is -2.75. The van der Waals surface area contributed by atoms with Crippen molar-refractivity contribution in [2.24, 2.45) is 0 Å². The Morgan fingerprint density at radius 2 is 0.333 bits per heavy atom. The Bertz CT molecular complexity index is 4240. The molecule has 0 bridgehead atoms. The molecule has 1 nitrogen and oxygen atoms in total. The largest absolute Gasteiger partial charge is 0.466 e. The van der Waals surface area contributed by atoms with Gasteiger partial charge < -0.3 is 4.74 Å². The number of hydrogen-bond donors (Lipinski definition) is 0. The molecule has 0 aromatic heterocycles. The second-order valence-electron chi connectivity index (χ2n) is 23.5. The van der Waals surface area contributed by atoms with E-state index in [4.69, 9.17) is 33.2 Å². The Kier molecular flexibility index (Phi) is 49.2. The summed E-state index contributed by atoms with van der Waals surface area (Å²) in [5.74, 6) is -123. The molecule has 104 heteroatoms. The standard InChI is InChI=1S/C8Cl3F17Si.C8Cl3F7Si.2C6Cl3F13Si.2C4Cl3F9Si.C4Cl3F7OSi/c9-29(10,11)8(27,28)6(22,23)4(18,19)2(14,15)1(12,13)3(16,17)5(20,21)7(24,25)26;9-19(10,11)7-5(15)2(12)1(3(13)6(7)16)4(14)8(17)18;7-23(8,9)1(4(14,15)16,5(17,18)19)2(10,11)3(12,13)6(20,21)22;7-23(8,9)6(21,22)4(16,17)2(12,13)1(10,11)3(14,15)5(18,19)20;5-17(6,7)4(15,16)2(10,11)1(8,9)3(12,13)14;5-17(6,7)1(2(8,9)10,3(11,12)13)4(14,15)16;5-16(6,7)4(13,14)3(11,12)15-2(10)1(8)9. The number of alkyl halides is 65. The van der Waals surface area contributed by atoms with Crippen LogP contribution in [0.2, 0.25) is 10.1 Å². The summed E-state index contributed by atoms with van der Waals surface area (Å²) in [6.07, 6.45) is -77.3. The van der Waals surface area contributed by atoms with Crippen molar-refractivity contribution in [2.45, 2.75) is 177 Å². The van der Waals surface area contributed by atoms with Gasteiger partial charge in [-0.2, -0.15) is 307 Å². The number of benzene rings is 1. The van der Waals surface area contributed by atoms with Crippen LogP contribution >= 0.6 is 233 Å². The van der Waals surface area contributed by atoms with Gasteiger partial charge in [0.15, 0.2) is 23.3 Å². The van der Waals surface area contributed by atoms with E-state index in [-0.39, 0.29) is 0 Å². The molecule has 144 heavy (non-hydrogen) atoms. The minimum atomic E-state index is -8.70. The predicted molar refractivity (Wildman–Crippen MR) is 365 cm³/mol. The SMILES string of the molecule is FC(F)(F)C(C(F)(F)F)(C(F)(F)F)[Si](Cl)(Cl)Cl.FC(F)(F)C(F)(F)C(F)(F)C(C(F)(F)F)(C(F)(F)F)[Si](Cl)(Cl)Cl.FC(F)(F)C(F)(F)C(F)(F)C(F)(F)C(F)(F)C(F)(F)C(F)(F)C(F)(F)[Si](Cl)(Cl)Cl.FC(F)(F)C(F)(F)C(F)(F)C(F)(F)C(F)(F)C(F)(F)[Si](Cl)(Cl)Cl.FC(F)(F)C(F)(F)C(F)(F)C(F)(F)[Si](Cl)(Cl)Cl.FC(F)=C(F)OC(F)(F)C(F)(F)[Si](Cl)(Cl)Cl.FC(F)=C(F)c1c(F)c(F)c([Si](Cl)(Cl)Cl)c(F)c1F. The van der Waals surface area contributed by atoms with E-state index in [2.05, 4.69) is 204 Å². The molecule has 0 amide bonds. The van der Waals surface area contributed by atoms with Gasteiger partial charge in [-0.1, -0.05) is 0 Å². The molecule has 866 valence electrons. The van der Waals surface area contributed by atoms with Crippen molar-refractivity contribution in [2.75, 3.05) is 0 Å². The van der Waals surface area contributed by atoms with Crippen molar-refractivity contribution >= 4 is 286 Å². The predicted octanol–water partition coefficient (Wildman–Crippen LogP) is 38.3. The molecule has 0 heterocycles. The van der Waals surface area contributed by atoms with E-state index in [1.165, 1.54) is 0 Å². The maximum atomic E-state index is 13.4. The molecule has 0 N–H and O–H groups in total. The lowest BCUT2D eigenvalue weighted by atomic mass is 9.91. The molecule has 0 saturated heterocycles. The molecule has 0 aliphatic carbocycles. The zero-order valence-corrected chi connectivity index (χ0v) is 83.1. The van der Waals surface area contributed by atoms with Gasteiger partial charge in [0.1, 0.15) is 0 Å².